The van der Waals surface area contributed by atoms with E-state index in [0.29, 0.717) is 0 Å². The van der Waals surface area contributed by atoms with E-state index in [1.165, 1.54) is 0 Å². The zero-order valence-electron chi connectivity index (χ0n) is 64.2. The Morgan fingerprint density at radius 3 is 0.333 bits per heavy atom. The molecule has 0 N–H and O–H groups in total. The van der Waals surface area contributed by atoms with E-state index in [2.05, 4.69) is 55.9 Å². The molecule has 0 aromatic carbocycles. The number of aliphatic imine (C=N–C) groups is 8. The van der Waals surface area contributed by atoms with Crippen LogP contribution in [0.4, 0.5) is 0 Å². The molecule has 4 heterocycles. The summed E-state index contributed by atoms with van der Waals surface area (Å²) in [5, 5.41) is 57.7. The zero-order valence-corrected chi connectivity index (χ0v) is 64.2. The van der Waals surface area contributed by atoms with Crippen molar-refractivity contribution in [1.82, 2.24) is 0 Å². The number of hydrogen-bond donors (Lipinski definition) is 0. The third-order valence-corrected chi connectivity index (χ3v) is 14.1. The molecule has 0 saturated heterocycles. The minimum atomic E-state index is -1.53. The van der Waals surface area contributed by atoms with E-state index in [0.717, 1.165) is 45.7 Å². The number of aliphatic carboxylic acids is 4. The number of rotatable bonds is 4. The van der Waals surface area contributed by atoms with Gasteiger partial charge in [-0.05, 0) is 0 Å². The Labute approximate surface area is 567 Å². The summed E-state index contributed by atoms with van der Waals surface area (Å²) in [4.78, 5) is 83.6. The molecule has 90 heavy (non-hydrogen) atoms. The molecule has 524 valence electrons. The van der Waals surface area contributed by atoms with Crippen LogP contribution in [0.25, 0.3) is 16.0 Å². The standard InChI is InChI=1S/4C16H28N2O2.3C2H6N.Zr.4H/c4*1-13(2,3)10-11(14(4,5)6)18-16(17-10,12(19)20)15(7,8)9;3*1-3-2;;;;;/h4*1-9H3,(H,19,20);3*1-2H3;;;;;/q;;;;3*-1;;;;;/p-4. The summed E-state index contributed by atoms with van der Waals surface area (Å²) in [5.74, 6) is -4.92. The molecular weight excluding hydrogens is 1210 g/mol. The van der Waals surface area contributed by atoms with Gasteiger partial charge in [-0.1, -0.05) is 249 Å². The summed E-state index contributed by atoms with van der Waals surface area (Å²) in [7, 11) is 10.5. The van der Waals surface area contributed by atoms with Crippen LogP contribution in [0.15, 0.2) is 39.9 Å². The second-order valence-electron chi connectivity index (χ2n) is 35.9. The van der Waals surface area contributed by atoms with Gasteiger partial charge in [-0.3, -0.25) is 39.9 Å². The monoisotopic (exact) mass is 1340 g/mol. The van der Waals surface area contributed by atoms with Crippen LogP contribution in [0.3, 0.4) is 0 Å². The van der Waals surface area contributed by atoms with Crippen LogP contribution in [-0.4, -0.2) is 135 Å². The van der Waals surface area contributed by atoms with Gasteiger partial charge in [0.05, 0.1) is 69.6 Å². The molecule has 0 aromatic heterocycles. The van der Waals surface area contributed by atoms with E-state index < -0.39 is 68.2 Å². The first-order valence-corrected chi connectivity index (χ1v) is 30.9. The van der Waals surface area contributed by atoms with E-state index in [-0.39, 0.29) is 69.5 Å². The maximum atomic E-state index is 11.8. The van der Waals surface area contributed by atoms with E-state index in [1.807, 2.05) is 249 Å². The topological polar surface area (TPSA) is 302 Å². The molecule has 4 rings (SSSR count). The van der Waals surface area contributed by atoms with Crippen molar-refractivity contribution < 1.29 is 65.8 Å². The molecule has 20 heteroatoms. The fraction of sp³-hybridized carbons (Fsp3) is 0.829. The summed E-state index contributed by atoms with van der Waals surface area (Å²) >= 11 is 0. The molecule has 0 aromatic rings. The second kappa shape index (κ2) is 31.0. The number of hydrogen-bond acceptors (Lipinski definition) is 16. The summed E-state index contributed by atoms with van der Waals surface area (Å²) < 4.78 is 0. The molecule has 0 aliphatic carbocycles. The first-order valence-electron chi connectivity index (χ1n) is 30.9. The molecule has 0 bridgehead atoms. The Morgan fingerprint density at radius 2 is 0.300 bits per heavy atom. The Balaban J connectivity index is -0.000000521. The average Bonchev–Trinajstić information content (AvgIpc) is 4.08. The van der Waals surface area contributed by atoms with Gasteiger partial charge in [0.25, 0.3) is 0 Å². The molecule has 0 atom stereocenters. The first-order chi connectivity index (χ1) is 38.8. The van der Waals surface area contributed by atoms with Crippen molar-refractivity contribution in [3.63, 3.8) is 0 Å². The Bertz CT molecular complexity index is 2240. The van der Waals surface area contributed by atoms with Gasteiger partial charge in [0, 0.05) is 65.0 Å². The van der Waals surface area contributed by atoms with E-state index in [4.69, 9.17) is 0 Å². The number of carbonyl (C=O) groups is 4. The van der Waals surface area contributed by atoms with Crippen LogP contribution in [0.2, 0.25) is 0 Å². The number of carbonyl (C=O) groups excluding carboxylic acids is 4. The fourth-order valence-corrected chi connectivity index (χ4v) is 8.93. The molecule has 4 aliphatic heterocycles. The van der Waals surface area contributed by atoms with E-state index >= 15 is 0 Å². The molecule has 0 amide bonds. The first kappa shape index (κ1) is 92.4. The predicted octanol–water partition coefficient (Wildman–Crippen LogP) is 10.7. The SMILES string of the molecule is CC(C)(C)C1=NC(C(=O)[O-])(C(C)(C)C)N=C1C(C)(C)C.CC(C)(C)C1=NC(C(=O)[O-])(C(C)(C)C)N=C1C(C)(C)C.CC(C)(C)C1=NC(C(=O)[O-])(C(C)(C)C)N=C1C(C)(C)C.CC(C)(C)C1=NC(C(=O)[O-])(C(C)(C)C)N=C1C(C)(C)C.C[N-]C.C[N-]C.C[N-]C.[ZrH4]. The summed E-state index contributed by atoms with van der Waals surface area (Å²) in [6.07, 6.45) is 0. The maximum absolute atomic E-state index is 11.8. The Hall–Kier alpha value is -4.00. The van der Waals surface area contributed by atoms with Crippen LogP contribution in [-0.2, 0) is 45.4 Å². The van der Waals surface area contributed by atoms with Gasteiger partial charge in [0.15, 0.2) is 22.7 Å². The van der Waals surface area contributed by atoms with E-state index in [1.54, 1.807) is 42.3 Å². The third kappa shape index (κ3) is 22.6. The van der Waals surface area contributed by atoms with Crippen LogP contribution in [0, 0.1) is 65.0 Å². The normalized spacial score (nSPS) is 18.1. The summed E-state index contributed by atoms with van der Waals surface area (Å²) in [6, 6.07) is 0. The quantitative estimate of drug-likeness (QED) is 0.260. The molecule has 0 radical (unpaired) electrons. The van der Waals surface area contributed by atoms with Crippen LogP contribution in [0.1, 0.15) is 249 Å². The summed E-state index contributed by atoms with van der Waals surface area (Å²) in [6.45, 7) is 70.7. The van der Waals surface area contributed by atoms with Crippen LogP contribution >= 0.6 is 0 Å². The van der Waals surface area contributed by atoms with Crippen molar-refractivity contribution >= 4 is 69.6 Å². The molecule has 4 aliphatic rings. The van der Waals surface area contributed by atoms with Gasteiger partial charge in [-0.25, -0.2) is 0 Å². The van der Waals surface area contributed by atoms with Crippen molar-refractivity contribution in [3.8, 4) is 0 Å². The predicted molar refractivity (Wildman–Crippen MR) is 375 cm³/mol. The van der Waals surface area contributed by atoms with Gasteiger partial charge < -0.3 is 55.6 Å². The van der Waals surface area contributed by atoms with Crippen molar-refractivity contribution in [1.29, 1.82) is 0 Å². The molecule has 19 nitrogen and oxygen atoms in total. The average molecular weight is 1350 g/mol. The van der Waals surface area contributed by atoms with Crippen molar-refractivity contribution in [2.75, 3.05) is 42.3 Å². The molecule has 0 spiro atoms. The number of nitrogens with zero attached hydrogens (tertiary/aromatic N) is 11. The van der Waals surface area contributed by atoms with Crippen molar-refractivity contribution in [2.45, 2.75) is 272 Å². The van der Waals surface area contributed by atoms with Crippen LogP contribution in [0.5, 0.6) is 0 Å². The fourth-order valence-electron chi connectivity index (χ4n) is 8.93. The molecular formula is C70H130N11O8Zr-7. The number of carboxylic acids is 4. The summed E-state index contributed by atoms with van der Waals surface area (Å²) in [5.41, 5.74) is -4.59. The number of carboxylic acid groups (broad SMARTS) is 4. The molecule has 0 fully saturated rings. The Kier molecular flexibility index (Phi) is 31.9. The van der Waals surface area contributed by atoms with Gasteiger partial charge in [0.1, 0.15) is 0 Å². The second-order valence-corrected chi connectivity index (χ2v) is 35.9. The third-order valence-electron chi connectivity index (χ3n) is 14.1. The van der Waals surface area contributed by atoms with Crippen molar-refractivity contribution in [3.05, 3.63) is 16.0 Å². The van der Waals surface area contributed by atoms with Crippen molar-refractivity contribution in [2.24, 2.45) is 105 Å². The molecule has 0 saturated carbocycles. The van der Waals surface area contributed by atoms with Crippen LogP contribution < -0.4 is 20.4 Å². The van der Waals surface area contributed by atoms with Gasteiger partial charge in [-0.15, -0.1) is 0 Å². The molecule has 0 unspecified atom stereocenters. The van der Waals surface area contributed by atoms with Gasteiger partial charge in [0.2, 0.25) is 0 Å². The minimum absolute atomic E-state index is 0. The Morgan fingerprint density at radius 1 is 0.233 bits per heavy atom. The van der Waals surface area contributed by atoms with Gasteiger partial charge in [-0.2, -0.15) is 42.3 Å². The van der Waals surface area contributed by atoms with E-state index in [9.17, 15) is 39.6 Å². The van der Waals surface area contributed by atoms with Gasteiger partial charge >= 0.3 is 26.2 Å². The zero-order chi connectivity index (χ0) is 72.7.